The van der Waals surface area contributed by atoms with Crippen LogP contribution in [0.25, 0.3) is 11.1 Å². The van der Waals surface area contributed by atoms with Crippen LogP contribution in [0, 0.1) is 0 Å². The van der Waals surface area contributed by atoms with Crippen molar-refractivity contribution in [3.63, 3.8) is 0 Å². The van der Waals surface area contributed by atoms with Gasteiger partial charge in [-0.2, -0.15) is 0 Å². The molecule has 2 aromatic carbocycles. The van der Waals surface area contributed by atoms with Gasteiger partial charge in [0.1, 0.15) is 18.2 Å². The van der Waals surface area contributed by atoms with Crippen LogP contribution in [0.3, 0.4) is 0 Å². The summed E-state index contributed by atoms with van der Waals surface area (Å²) in [5.41, 5.74) is 3.02. The van der Waals surface area contributed by atoms with Crippen LogP contribution in [-0.4, -0.2) is 66.2 Å². The Balaban J connectivity index is 1.69. The highest BCUT2D eigenvalue weighted by Gasteiger charge is 2.34. The Morgan fingerprint density at radius 1 is 1.00 bits per heavy atom. The van der Waals surface area contributed by atoms with Gasteiger partial charge < -0.3 is 25.4 Å². The van der Waals surface area contributed by atoms with E-state index in [2.05, 4.69) is 10.6 Å². The summed E-state index contributed by atoms with van der Waals surface area (Å²) < 4.78 is 5.49. The van der Waals surface area contributed by atoms with E-state index in [1.165, 1.54) is 18.7 Å². The summed E-state index contributed by atoms with van der Waals surface area (Å²) in [6, 6.07) is 14.6. The minimum absolute atomic E-state index is 0.0533. The summed E-state index contributed by atoms with van der Waals surface area (Å²) in [6.07, 6.45) is -1.34. The molecule has 0 saturated heterocycles. The molecular formula is C26H31N3O6. The average Bonchev–Trinajstić information content (AvgIpc) is 3.13. The molecule has 0 saturated carbocycles. The number of nitrogens with one attached hydrogen (secondary N) is 2. The number of benzene rings is 2. The number of alkyl carbamates (subject to hydrolysis) is 1. The third-order valence-corrected chi connectivity index (χ3v) is 5.98. The van der Waals surface area contributed by atoms with Crippen LogP contribution >= 0.6 is 0 Å². The minimum Gasteiger partial charge on any atom is -0.481 e. The molecule has 0 heterocycles. The van der Waals surface area contributed by atoms with Crippen LogP contribution in [0.15, 0.2) is 48.5 Å². The molecule has 35 heavy (non-hydrogen) atoms. The zero-order valence-electron chi connectivity index (χ0n) is 20.3. The molecule has 1 unspecified atom stereocenters. The number of carboxylic acid groups (broad SMARTS) is 1. The van der Waals surface area contributed by atoms with Crippen LogP contribution in [0.1, 0.15) is 43.7 Å². The number of aliphatic carboxylic acids is 1. The molecule has 9 heteroatoms. The second-order valence-electron chi connectivity index (χ2n) is 9.27. The van der Waals surface area contributed by atoms with Crippen LogP contribution in [0.5, 0.6) is 0 Å². The van der Waals surface area contributed by atoms with Gasteiger partial charge in [-0.3, -0.25) is 14.4 Å². The van der Waals surface area contributed by atoms with E-state index in [0.717, 1.165) is 22.3 Å². The van der Waals surface area contributed by atoms with E-state index < -0.39 is 29.6 Å². The largest absolute Gasteiger partial charge is 0.481 e. The lowest BCUT2D eigenvalue weighted by Crippen LogP contribution is -2.59. The maximum atomic E-state index is 12.9. The Kier molecular flexibility index (Phi) is 7.78. The number of amides is 3. The van der Waals surface area contributed by atoms with Crippen molar-refractivity contribution in [1.82, 2.24) is 15.5 Å². The summed E-state index contributed by atoms with van der Waals surface area (Å²) in [7, 11) is 3.13. The third-order valence-electron chi connectivity index (χ3n) is 5.98. The maximum absolute atomic E-state index is 12.9. The average molecular weight is 482 g/mol. The Hall–Kier alpha value is -3.88. The standard InChI is InChI=1S/C26H31N3O6/c1-26(2,24(33)29(3)4)28-23(32)21(13-14-22(30)31)27-25(34)35-15-20-18-11-7-5-9-16(18)17-10-6-8-12-19(17)20/h5-12,20-21H,13-15H2,1-4H3,(H,27,34)(H,28,32)(H,30,31). The monoisotopic (exact) mass is 481 g/mol. The normalized spacial score (nSPS) is 13.3. The smallest absolute Gasteiger partial charge is 0.407 e. The number of likely N-dealkylation sites (N-methyl/N-ethyl adjacent to an activating group) is 1. The van der Waals surface area contributed by atoms with E-state index in [4.69, 9.17) is 9.84 Å². The molecule has 1 aliphatic carbocycles. The Labute approximate surface area is 204 Å². The topological polar surface area (TPSA) is 125 Å². The molecule has 3 rings (SSSR count). The van der Waals surface area contributed by atoms with Gasteiger partial charge in [0.05, 0.1) is 0 Å². The van der Waals surface area contributed by atoms with Crippen LogP contribution in [0.2, 0.25) is 0 Å². The summed E-state index contributed by atoms with van der Waals surface area (Å²) in [4.78, 5) is 50.3. The van der Waals surface area contributed by atoms with E-state index in [1.54, 1.807) is 14.1 Å². The molecule has 0 bridgehead atoms. The molecule has 9 nitrogen and oxygen atoms in total. The number of hydrogen-bond acceptors (Lipinski definition) is 5. The first-order valence-electron chi connectivity index (χ1n) is 11.4. The number of carboxylic acids is 1. The van der Waals surface area contributed by atoms with Gasteiger partial charge in [-0.1, -0.05) is 48.5 Å². The molecule has 3 amide bonds. The molecule has 0 aromatic heterocycles. The van der Waals surface area contributed by atoms with Crippen molar-refractivity contribution in [1.29, 1.82) is 0 Å². The van der Waals surface area contributed by atoms with Gasteiger partial charge in [-0.05, 0) is 42.5 Å². The van der Waals surface area contributed by atoms with Gasteiger partial charge in [-0.15, -0.1) is 0 Å². The van der Waals surface area contributed by atoms with E-state index in [-0.39, 0.29) is 31.3 Å². The lowest BCUT2D eigenvalue weighted by molar-refractivity contribution is -0.139. The van der Waals surface area contributed by atoms with Crippen LogP contribution in [0.4, 0.5) is 4.79 Å². The molecule has 0 spiro atoms. The van der Waals surface area contributed by atoms with Gasteiger partial charge in [-0.25, -0.2) is 4.79 Å². The first kappa shape index (κ1) is 25.7. The SMILES string of the molecule is CN(C)C(=O)C(C)(C)NC(=O)C(CCC(=O)O)NC(=O)OCC1c2ccccc2-c2ccccc21. The van der Waals surface area contributed by atoms with Crippen molar-refractivity contribution in [2.45, 2.75) is 44.2 Å². The minimum atomic E-state index is -1.25. The molecule has 0 radical (unpaired) electrons. The second-order valence-corrected chi connectivity index (χ2v) is 9.27. The number of fused-ring (bicyclic) bond motifs is 3. The molecule has 186 valence electrons. The highest BCUT2D eigenvalue weighted by atomic mass is 16.5. The van der Waals surface area contributed by atoms with Crippen LogP contribution < -0.4 is 10.6 Å². The predicted molar refractivity (Wildman–Crippen MR) is 130 cm³/mol. The van der Waals surface area contributed by atoms with Crippen molar-refractivity contribution in [3.8, 4) is 11.1 Å². The molecule has 0 aliphatic heterocycles. The maximum Gasteiger partial charge on any atom is 0.407 e. The van der Waals surface area contributed by atoms with Crippen LogP contribution in [-0.2, 0) is 19.1 Å². The Bertz CT molecular complexity index is 1080. The van der Waals surface area contributed by atoms with Gasteiger partial charge in [0.2, 0.25) is 11.8 Å². The summed E-state index contributed by atoms with van der Waals surface area (Å²) in [6.45, 7) is 3.13. The van der Waals surface area contributed by atoms with E-state index in [0.29, 0.717) is 0 Å². The zero-order valence-corrected chi connectivity index (χ0v) is 20.3. The first-order chi connectivity index (χ1) is 16.5. The van der Waals surface area contributed by atoms with Crippen molar-refractivity contribution in [2.75, 3.05) is 20.7 Å². The van der Waals surface area contributed by atoms with Gasteiger partial charge >= 0.3 is 12.1 Å². The van der Waals surface area contributed by atoms with Gasteiger partial charge in [0.15, 0.2) is 0 Å². The molecule has 1 atom stereocenters. The summed E-state index contributed by atoms with van der Waals surface area (Å²) >= 11 is 0. The third kappa shape index (κ3) is 5.98. The van der Waals surface area contributed by atoms with E-state index >= 15 is 0 Å². The Morgan fingerprint density at radius 3 is 2.06 bits per heavy atom. The fourth-order valence-electron chi connectivity index (χ4n) is 4.33. The highest BCUT2D eigenvalue weighted by Crippen LogP contribution is 2.44. The second kappa shape index (κ2) is 10.6. The molecule has 1 aliphatic rings. The summed E-state index contributed by atoms with van der Waals surface area (Å²) in [5, 5.41) is 14.1. The van der Waals surface area contributed by atoms with Gasteiger partial charge in [0.25, 0.3) is 0 Å². The molecule has 2 aromatic rings. The van der Waals surface area contributed by atoms with Crippen molar-refractivity contribution in [3.05, 3.63) is 59.7 Å². The van der Waals surface area contributed by atoms with Crippen molar-refractivity contribution in [2.24, 2.45) is 0 Å². The van der Waals surface area contributed by atoms with E-state index in [9.17, 15) is 19.2 Å². The predicted octanol–water partition coefficient (Wildman–Crippen LogP) is 2.74. The highest BCUT2D eigenvalue weighted by molar-refractivity contribution is 5.93. The molecule has 0 fully saturated rings. The lowest BCUT2D eigenvalue weighted by atomic mass is 9.98. The number of carbonyl (C=O) groups is 4. The van der Waals surface area contributed by atoms with Crippen molar-refractivity contribution < 1.29 is 29.0 Å². The summed E-state index contributed by atoms with van der Waals surface area (Å²) in [5.74, 6) is -2.28. The zero-order chi connectivity index (χ0) is 25.8. The van der Waals surface area contributed by atoms with Crippen molar-refractivity contribution >= 4 is 23.9 Å². The fourth-order valence-corrected chi connectivity index (χ4v) is 4.33. The quantitative estimate of drug-likeness (QED) is 0.506. The fraction of sp³-hybridized carbons (Fsp3) is 0.385. The van der Waals surface area contributed by atoms with Gasteiger partial charge in [0, 0.05) is 26.4 Å². The Morgan fingerprint density at radius 2 is 1.54 bits per heavy atom. The lowest BCUT2D eigenvalue weighted by Gasteiger charge is -2.30. The number of hydrogen-bond donors (Lipinski definition) is 3. The number of nitrogens with zero attached hydrogens (tertiary/aromatic N) is 1. The number of ether oxygens (including phenoxy) is 1. The number of carbonyl (C=O) groups excluding carboxylic acids is 3. The molecular weight excluding hydrogens is 450 g/mol. The number of rotatable bonds is 9. The van der Waals surface area contributed by atoms with E-state index in [1.807, 2.05) is 48.5 Å². The first-order valence-corrected chi connectivity index (χ1v) is 11.4. The molecule has 3 N–H and O–H groups in total.